The van der Waals surface area contributed by atoms with Gasteiger partial charge in [0.15, 0.2) is 0 Å². The molecule has 2 N–H and O–H groups in total. The van der Waals surface area contributed by atoms with E-state index in [0.717, 1.165) is 18.0 Å². The van der Waals surface area contributed by atoms with Crippen molar-refractivity contribution in [2.24, 2.45) is 5.92 Å². The predicted octanol–water partition coefficient (Wildman–Crippen LogP) is 0.830. The second-order valence-electron chi connectivity index (χ2n) is 4.14. The number of carboxylic acid groups (broad SMARTS) is 1. The van der Waals surface area contributed by atoms with Crippen molar-refractivity contribution in [1.29, 1.82) is 0 Å². The van der Waals surface area contributed by atoms with Crippen molar-refractivity contribution in [2.75, 3.05) is 0 Å². The molecule has 0 radical (unpaired) electrons. The molecule has 6 nitrogen and oxygen atoms in total. The molecule has 0 saturated heterocycles. The summed E-state index contributed by atoms with van der Waals surface area (Å²) in [5.41, 5.74) is 0.581. The van der Waals surface area contributed by atoms with Gasteiger partial charge in [0, 0.05) is 6.04 Å². The molecule has 92 valence electrons. The van der Waals surface area contributed by atoms with E-state index in [1.54, 1.807) is 6.92 Å². The standard InChI is InChI=1S/C10H13N3O3S/c1-5-8(17-13-12-5)9(14)11-7-4-2-3-6(7)10(15)16/h6-7H,2-4H2,1H3,(H,11,14)(H,15,16). The van der Waals surface area contributed by atoms with Gasteiger partial charge in [0.2, 0.25) is 0 Å². The van der Waals surface area contributed by atoms with Gasteiger partial charge in [-0.25, -0.2) is 0 Å². The third kappa shape index (κ3) is 2.44. The van der Waals surface area contributed by atoms with Crippen molar-refractivity contribution in [2.45, 2.75) is 32.2 Å². The summed E-state index contributed by atoms with van der Waals surface area (Å²) in [4.78, 5) is 23.3. The molecule has 1 heterocycles. The van der Waals surface area contributed by atoms with Crippen molar-refractivity contribution in [1.82, 2.24) is 14.9 Å². The third-order valence-electron chi connectivity index (χ3n) is 3.01. The van der Waals surface area contributed by atoms with Crippen LogP contribution >= 0.6 is 11.5 Å². The molecule has 7 heteroatoms. The van der Waals surface area contributed by atoms with Crippen molar-refractivity contribution >= 4 is 23.4 Å². The van der Waals surface area contributed by atoms with Crippen LogP contribution in [0.25, 0.3) is 0 Å². The van der Waals surface area contributed by atoms with Crippen LogP contribution in [0.2, 0.25) is 0 Å². The first-order chi connectivity index (χ1) is 8.09. The Morgan fingerprint density at radius 2 is 2.24 bits per heavy atom. The Morgan fingerprint density at radius 3 is 2.82 bits per heavy atom. The van der Waals surface area contributed by atoms with E-state index in [1.807, 2.05) is 0 Å². The number of aryl methyl sites for hydroxylation is 1. The lowest BCUT2D eigenvalue weighted by Crippen LogP contribution is -2.40. The van der Waals surface area contributed by atoms with Crippen LogP contribution in [0.4, 0.5) is 0 Å². The van der Waals surface area contributed by atoms with E-state index >= 15 is 0 Å². The van der Waals surface area contributed by atoms with Crippen molar-refractivity contribution in [3.05, 3.63) is 10.6 Å². The molecule has 1 amide bonds. The SMILES string of the molecule is Cc1nnsc1C(=O)NC1CCCC1C(=O)O. The molecule has 0 bridgehead atoms. The molecule has 2 rings (SSSR count). The largest absolute Gasteiger partial charge is 0.481 e. The van der Waals surface area contributed by atoms with E-state index in [4.69, 9.17) is 5.11 Å². The highest BCUT2D eigenvalue weighted by Gasteiger charge is 2.34. The summed E-state index contributed by atoms with van der Waals surface area (Å²) in [6.45, 7) is 1.71. The number of hydrogen-bond acceptors (Lipinski definition) is 5. The van der Waals surface area contributed by atoms with E-state index in [0.29, 0.717) is 23.4 Å². The zero-order chi connectivity index (χ0) is 12.4. The van der Waals surface area contributed by atoms with Crippen LogP contribution in [0.3, 0.4) is 0 Å². The van der Waals surface area contributed by atoms with Crippen molar-refractivity contribution < 1.29 is 14.7 Å². The Morgan fingerprint density at radius 1 is 1.47 bits per heavy atom. The molecule has 0 aliphatic heterocycles. The maximum Gasteiger partial charge on any atom is 0.308 e. The molecule has 1 saturated carbocycles. The minimum atomic E-state index is -0.841. The lowest BCUT2D eigenvalue weighted by molar-refractivity contribution is -0.142. The molecule has 2 unspecified atom stereocenters. The van der Waals surface area contributed by atoms with Gasteiger partial charge < -0.3 is 10.4 Å². The molecule has 1 aliphatic carbocycles. The first-order valence-corrected chi connectivity index (χ1v) is 6.19. The Balaban J connectivity index is 2.04. The number of carboxylic acids is 1. The maximum absolute atomic E-state index is 11.9. The fourth-order valence-corrected chi connectivity index (χ4v) is 2.66. The summed E-state index contributed by atoms with van der Waals surface area (Å²) in [6.07, 6.45) is 2.18. The van der Waals surface area contributed by atoms with Gasteiger partial charge >= 0.3 is 5.97 Å². The summed E-state index contributed by atoms with van der Waals surface area (Å²) in [5.74, 6) is -1.58. The zero-order valence-electron chi connectivity index (χ0n) is 9.34. The highest BCUT2D eigenvalue weighted by molar-refractivity contribution is 7.08. The molecular formula is C10H13N3O3S. The van der Waals surface area contributed by atoms with Gasteiger partial charge in [0.05, 0.1) is 11.6 Å². The minimum Gasteiger partial charge on any atom is -0.481 e. The summed E-state index contributed by atoms with van der Waals surface area (Å²) in [5, 5.41) is 15.5. The number of hydrogen-bond donors (Lipinski definition) is 2. The Hall–Kier alpha value is -1.50. The number of aliphatic carboxylic acids is 1. The van der Waals surface area contributed by atoms with Gasteiger partial charge in [-0.2, -0.15) is 0 Å². The summed E-state index contributed by atoms with van der Waals surface area (Å²) in [7, 11) is 0. The lowest BCUT2D eigenvalue weighted by atomic mass is 10.0. The van der Waals surface area contributed by atoms with Gasteiger partial charge in [-0.05, 0) is 31.3 Å². The molecule has 0 spiro atoms. The van der Waals surface area contributed by atoms with Gasteiger partial charge in [0.25, 0.3) is 5.91 Å². The van der Waals surface area contributed by atoms with Crippen LogP contribution in [-0.4, -0.2) is 32.6 Å². The third-order valence-corrected chi connectivity index (χ3v) is 3.83. The Labute approximate surface area is 102 Å². The summed E-state index contributed by atoms with van der Waals surface area (Å²) in [6, 6.07) is -0.276. The summed E-state index contributed by atoms with van der Waals surface area (Å²) >= 11 is 1.03. The van der Waals surface area contributed by atoms with Crippen LogP contribution in [0.15, 0.2) is 0 Å². The topological polar surface area (TPSA) is 92.2 Å². The fraction of sp³-hybridized carbons (Fsp3) is 0.600. The van der Waals surface area contributed by atoms with E-state index in [2.05, 4.69) is 14.9 Å². The fourth-order valence-electron chi connectivity index (χ4n) is 2.10. The molecule has 17 heavy (non-hydrogen) atoms. The number of rotatable bonds is 3. The van der Waals surface area contributed by atoms with E-state index in [9.17, 15) is 9.59 Å². The smallest absolute Gasteiger partial charge is 0.308 e. The number of nitrogens with one attached hydrogen (secondary N) is 1. The molecule has 1 fully saturated rings. The van der Waals surface area contributed by atoms with Gasteiger partial charge in [-0.3, -0.25) is 9.59 Å². The highest BCUT2D eigenvalue weighted by atomic mass is 32.1. The Bertz CT molecular complexity index is 446. The highest BCUT2D eigenvalue weighted by Crippen LogP contribution is 2.26. The molecule has 1 aromatic rings. The first-order valence-electron chi connectivity index (χ1n) is 5.42. The normalized spacial score (nSPS) is 23.6. The molecule has 0 aromatic carbocycles. The molecular weight excluding hydrogens is 242 g/mol. The van der Waals surface area contributed by atoms with Crippen LogP contribution in [0.1, 0.15) is 34.6 Å². The quantitative estimate of drug-likeness (QED) is 0.834. The molecule has 1 aliphatic rings. The maximum atomic E-state index is 11.9. The number of nitrogens with zero attached hydrogens (tertiary/aromatic N) is 2. The van der Waals surface area contributed by atoms with E-state index < -0.39 is 11.9 Å². The number of carbonyl (C=O) groups is 2. The number of carbonyl (C=O) groups excluding carboxylic acids is 1. The molecule has 1 aromatic heterocycles. The lowest BCUT2D eigenvalue weighted by Gasteiger charge is -2.16. The number of aromatic nitrogens is 2. The summed E-state index contributed by atoms with van der Waals surface area (Å²) < 4.78 is 3.69. The minimum absolute atomic E-state index is 0.268. The average Bonchev–Trinajstić information content (AvgIpc) is 2.86. The Kier molecular flexibility index (Phi) is 3.37. The predicted molar refractivity (Wildman–Crippen MR) is 60.9 cm³/mol. The second kappa shape index (κ2) is 4.79. The molecule has 2 atom stereocenters. The van der Waals surface area contributed by atoms with Crippen molar-refractivity contribution in [3.63, 3.8) is 0 Å². The number of amides is 1. The van der Waals surface area contributed by atoms with Crippen LogP contribution in [0.5, 0.6) is 0 Å². The van der Waals surface area contributed by atoms with Crippen LogP contribution in [0, 0.1) is 12.8 Å². The van der Waals surface area contributed by atoms with E-state index in [1.165, 1.54) is 0 Å². The van der Waals surface area contributed by atoms with Crippen molar-refractivity contribution in [3.8, 4) is 0 Å². The van der Waals surface area contributed by atoms with Gasteiger partial charge in [-0.15, -0.1) is 5.10 Å². The van der Waals surface area contributed by atoms with Crippen LogP contribution in [-0.2, 0) is 4.79 Å². The zero-order valence-corrected chi connectivity index (χ0v) is 10.2. The van der Waals surface area contributed by atoms with Gasteiger partial charge in [-0.1, -0.05) is 10.9 Å². The average molecular weight is 255 g/mol. The van der Waals surface area contributed by atoms with E-state index in [-0.39, 0.29) is 11.9 Å². The second-order valence-corrected chi connectivity index (χ2v) is 4.90. The monoisotopic (exact) mass is 255 g/mol. The van der Waals surface area contributed by atoms with Gasteiger partial charge in [0.1, 0.15) is 4.88 Å². The first kappa shape index (κ1) is 12.0. The van der Waals surface area contributed by atoms with Crippen LogP contribution < -0.4 is 5.32 Å².